The lowest BCUT2D eigenvalue weighted by atomic mass is 9.96. The molecule has 0 aliphatic carbocycles. The summed E-state index contributed by atoms with van der Waals surface area (Å²) in [5, 5.41) is 6.63. The maximum atomic E-state index is 14.3. The number of anilines is 1. The first-order valence-electron chi connectivity index (χ1n) is 13.4. The van der Waals surface area contributed by atoms with E-state index in [-0.39, 0.29) is 40.8 Å². The summed E-state index contributed by atoms with van der Waals surface area (Å²) in [5.41, 5.74) is 0.948. The predicted octanol–water partition coefficient (Wildman–Crippen LogP) is 4.34. The second kappa shape index (κ2) is 12.7. The van der Waals surface area contributed by atoms with Gasteiger partial charge in [0.25, 0.3) is 11.8 Å². The molecule has 2 N–H and O–H groups in total. The fourth-order valence-corrected chi connectivity index (χ4v) is 6.08. The van der Waals surface area contributed by atoms with Gasteiger partial charge in [-0.2, -0.15) is 4.37 Å². The third-order valence-corrected chi connectivity index (χ3v) is 8.39. The molecule has 2 amide bonds. The Morgan fingerprint density at radius 1 is 1.19 bits per heavy atom. The molecule has 1 atom stereocenters. The van der Waals surface area contributed by atoms with Crippen LogP contribution in [-0.4, -0.2) is 75.8 Å². The van der Waals surface area contributed by atoms with Crippen LogP contribution in [0.15, 0.2) is 42.5 Å². The van der Waals surface area contributed by atoms with E-state index in [9.17, 15) is 18.8 Å². The van der Waals surface area contributed by atoms with Gasteiger partial charge in [0.05, 0.1) is 23.0 Å². The summed E-state index contributed by atoms with van der Waals surface area (Å²) < 4.78 is 26.2. The Labute approximate surface area is 251 Å². The van der Waals surface area contributed by atoms with E-state index in [0.717, 1.165) is 17.8 Å². The van der Waals surface area contributed by atoms with Crippen LogP contribution < -0.4 is 10.6 Å². The lowest BCUT2D eigenvalue weighted by Crippen LogP contribution is -2.53. The fourth-order valence-electron chi connectivity index (χ4n) is 5.02. The summed E-state index contributed by atoms with van der Waals surface area (Å²) in [6.07, 6.45) is 0.190. The maximum Gasteiger partial charge on any atom is 0.287 e. The molecular weight excluding hydrogens is 583 g/mol. The highest BCUT2D eigenvalue weighted by Gasteiger charge is 2.31. The Kier molecular flexibility index (Phi) is 8.97. The summed E-state index contributed by atoms with van der Waals surface area (Å²) in [7, 11) is 1.67. The van der Waals surface area contributed by atoms with E-state index in [1.54, 1.807) is 20.1 Å². The van der Waals surface area contributed by atoms with Crippen molar-refractivity contribution in [2.75, 3.05) is 38.6 Å². The molecule has 10 nitrogen and oxygen atoms in total. The van der Waals surface area contributed by atoms with Crippen molar-refractivity contribution in [3.63, 3.8) is 0 Å². The van der Waals surface area contributed by atoms with E-state index >= 15 is 0 Å². The van der Waals surface area contributed by atoms with Gasteiger partial charge in [-0.15, -0.1) is 0 Å². The SMILES string of the molecule is COC1CN(CCNC(=O)c2nc(NC(=O)c3nsc4ccccc34)c([C@@H](C)c3cc(F)ccc3Cl)n2CC(C)=O)C1. The maximum absolute atomic E-state index is 14.3. The zero-order valence-electron chi connectivity index (χ0n) is 23.3. The number of fused-ring (bicyclic) bond motifs is 1. The number of carbonyl (C=O) groups is 3. The van der Waals surface area contributed by atoms with Gasteiger partial charge in [0.1, 0.15) is 17.3 Å². The third kappa shape index (κ3) is 6.21. The molecule has 42 heavy (non-hydrogen) atoms. The molecule has 5 rings (SSSR count). The van der Waals surface area contributed by atoms with Gasteiger partial charge < -0.3 is 19.9 Å². The summed E-state index contributed by atoms with van der Waals surface area (Å²) >= 11 is 7.65. The minimum absolute atomic E-state index is 0.0574. The molecule has 4 aromatic rings. The molecule has 2 aromatic carbocycles. The number of nitrogens with one attached hydrogen (secondary N) is 2. The van der Waals surface area contributed by atoms with Gasteiger partial charge in [0.2, 0.25) is 5.82 Å². The van der Waals surface area contributed by atoms with Crippen molar-refractivity contribution in [1.82, 2.24) is 24.1 Å². The minimum Gasteiger partial charge on any atom is -0.379 e. The number of benzene rings is 2. The number of Topliss-reactive ketones (excluding diaryl/α,β-unsaturated/α-hetero) is 1. The number of halogens is 2. The standard InChI is InChI=1S/C29H30ClFN6O4S/c1-16(38)13-37-25(17(2)21-12-18(31)8-9-22(21)30)26(34-28(39)24-20-6-4-5-7-23(20)42-35-24)33-27(37)29(40)32-10-11-36-14-19(15-36)41-3/h4-9,12,17,19H,10-11,13-15H2,1-3H3,(H,32,40)(H,34,39)/t17-/m0/s1. The smallest absolute Gasteiger partial charge is 0.287 e. The average molecular weight is 613 g/mol. The highest BCUT2D eigenvalue weighted by atomic mass is 35.5. The largest absolute Gasteiger partial charge is 0.379 e. The van der Waals surface area contributed by atoms with Crippen LogP contribution >= 0.6 is 23.1 Å². The molecule has 1 saturated heterocycles. The molecule has 3 heterocycles. The van der Waals surface area contributed by atoms with Gasteiger partial charge in [-0.25, -0.2) is 9.37 Å². The molecule has 0 saturated carbocycles. The molecule has 0 unspecified atom stereocenters. The van der Waals surface area contributed by atoms with Crippen molar-refractivity contribution in [2.24, 2.45) is 0 Å². The molecule has 1 fully saturated rings. The highest BCUT2D eigenvalue weighted by molar-refractivity contribution is 7.13. The van der Waals surface area contributed by atoms with Crippen LogP contribution in [0.1, 0.15) is 52.1 Å². The van der Waals surface area contributed by atoms with Crippen molar-refractivity contribution in [2.45, 2.75) is 32.4 Å². The molecule has 1 aliphatic rings. The first kappa shape index (κ1) is 29.8. The number of ether oxygens (including phenoxy) is 1. The summed E-state index contributed by atoms with van der Waals surface area (Å²) in [6, 6.07) is 11.3. The number of rotatable bonds is 11. The van der Waals surface area contributed by atoms with E-state index in [1.165, 1.54) is 41.2 Å². The number of ketones is 1. The molecule has 2 aromatic heterocycles. The number of nitrogens with zero attached hydrogens (tertiary/aromatic N) is 4. The van der Waals surface area contributed by atoms with E-state index < -0.39 is 23.5 Å². The predicted molar refractivity (Wildman–Crippen MR) is 159 cm³/mol. The van der Waals surface area contributed by atoms with Crippen LogP contribution in [0.5, 0.6) is 0 Å². The normalized spacial score (nSPS) is 14.5. The minimum atomic E-state index is -0.656. The fraction of sp³-hybridized carbons (Fsp3) is 0.345. The molecular formula is C29H30ClFN6O4S. The first-order valence-corrected chi connectivity index (χ1v) is 14.5. The van der Waals surface area contributed by atoms with Gasteiger partial charge >= 0.3 is 0 Å². The number of methoxy groups -OCH3 is 1. The quantitative estimate of drug-likeness (QED) is 0.259. The van der Waals surface area contributed by atoms with E-state index in [0.29, 0.717) is 29.7 Å². The number of aromatic nitrogens is 3. The van der Waals surface area contributed by atoms with Crippen LogP contribution in [0.25, 0.3) is 10.1 Å². The van der Waals surface area contributed by atoms with Gasteiger partial charge in [0, 0.05) is 49.6 Å². The second-order valence-electron chi connectivity index (χ2n) is 10.2. The molecule has 1 aliphatic heterocycles. The Morgan fingerprint density at radius 3 is 2.69 bits per heavy atom. The second-order valence-corrected chi connectivity index (χ2v) is 11.4. The summed E-state index contributed by atoms with van der Waals surface area (Å²) in [5.74, 6) is -2.45. The number of imidazole rings is 1. The number of amides is 2. The highest BCUT2D eigenvalue weighted by Crippen LogP contribution is 2.36. The van der Waals surface area contributed by atoms with Crippen molar-refractivity contribution in [1.29, 1.82) is 0 Å². The van der Waals surface area contributed by atoms with Crippen molar-refractivity contribution in [3.8, 4) is 0 Å². The van der Waals surface area contributed by atoms with Crippen LogP contribution in [0.2, 0.25) is 5.02 Å². The van der Waals surface area contributed by atoms with Crippen LogP contribution in [0, 0.1) is 5.82 Å². The van der Waals surface area contributed by atoms with Crippen molar-refractivity contribution >= 4 is 56.6 Å². The van der Waals surface area contributed by atoms with Crippen molar-refractivity contribution < 1.29 is 23.5 Å². The topological polar surface area (TPSA) is 118 Å². The zero-order chi connectivity index (χ0) is 30.0. The number of hydrogen-bond acceptors (Lipinski definition) is 8. The Hall–Kier alpha value is -3.71. The molecule has 0 radical (unpaired) electrons. The Balaban J connectivity index is 1.51. The number of carbonyl (C=O) groups excluding carboxylic acids is 3. The Bertz CT molecular complexity index is 1650. The lowest BCUT2D eigenvalue weighted by molar-refractivity contribution is -0.117. The lowest BCUT2D eigenvalue weighted by Gasteiger charge is -2.38. The third-order valence-electron chi connectivity index (χ3n) is 7.22. The molecule has 13 heteroatoms. The molecule has 220 valence electrons. The van der Waals surface area contributed by atoms with E-state index in [4.69, 9.17) is 16.3 Å². The first-order chi connectivity index (χ1) is 20.2. The van der Waals surface area contributed by atoms with Crippen LogP contribution in [0.3, 0.4) is 0 Å². The van der Waals surface area contributed by atoms with Crippen LogP contribution in [0.4, 0.5) is 10.2 Å². The van der Waals surface area contributed by atoms with Gasteiger partial charge in [-0.1, -0.05) is 36.7 Å². The monoisotopic (exact) mass is 612 g/mol. The average Bonchev–Trinajstić information content (AvgIpc) is 3.52. The summed E-state index contributed by atoms with van der Waals surface area (Å²) in [4.78, 5) is 46.0. The van der Waals surface area contributed by atoms with E-state index in [1.807, 2.05) is 18.2 Å². The molecule has 0 spiro atoms. The molecule has 0 bridgehead atoms. The van der Waals surface area contributed by atoms with Gasteiger partial charge in [0.15, 0.2) is 5.82 Å². The summed E-state index contributed by atoms with van der Waals surface area (Å²) in [6.45, 7) is 5.46. The number of hydrogen-bond donors (Lipinski definition) is 2. The zero-order valence-corrected chi connectivity index (χ0v) is 24.9. The van der Waals surface area contributed by atoms with Crippen LogP contribution in [-0.2, 0) is 16.1 Å². The van der Waals surface area contributed by atoms with E-state index in [2.05, 4.69) is 24.9 Å². The van der Waals surface area contributed by atoms with Crippen molar-refractivity contribution in [3.05, 3.63) is 76.1 Å². The number of likely N-dealkylation sites (tertiary alicyclic amines) is 1. The van der Waals surface area contributed by atoms with Gasteiger partial charge in [-0.05, 0) is 48.3 Å². The van der Waals surface area contributed by atoms with Gasteiger partial charge in [-0.3, -0.25) is 19.3 Å². The Morgan fingerprint density at radius 2 is 1.95 bits per heavy atom.